The molecule has 0 aromatic heterocycles. The first-order valence-electron chi connectivity index (χ1n) is 8.83. The Balaban J connectivity index is 0.000000221. The van der Waals surface area contributed by atoms with Crippen molar-refractivity contribution in [2.75, 3.05) is 13.2 Å². The summed E-state index contributed by atoms with van der Waals surface area (Å²) in [5.74, 6) is -1.52. The highest BCUT2D eigenvalue weighted by Gasteiger charge is 2.50. The molecule has 1 aliphatic carbocycles. The van der Waals surface area contributed by atoms with E-state index in [1.54, 1.807) is 0 Å². The minimum Gasteiger partial charge on any atom is -0.490 e. The summed E-state index contributed by atoms with van der Waals surface area (Å²) in [7, 11) is 0. The highest BCUT2D eigenvalue weighted by molar-refractivity contribution is 6.30. The lowest BCUT2D eigenvalue weighted by Gasteiger charge is -2.46. The summed E-state index contributed by atoms with van der Waals surface area (Å²) in [6.07, 6.45) is 0.867. The zero-order valence-corrected chi connectivity index (χ0v) is 15.7. The second-order valence-corrected chi connectivity index (χ2v) is 7.53. The van der Waals surface area contributed by atoms with Gasteiger partial charge in [-0.25, -0.2) is 8.78 Å². The van der Waals surface area contributed by atoms with E-state index in [-0.39, 0.29) is 49.1 Å². The molecule has 2 aliphatic rings. The van der Waals surface area contributed by atoms with Crippen LogP contribution < -0.4 is 4.74 Å². The molecule has 2 atom stereocenters. The Labute approximate surface area is 161 Å². The second kappa shape index (κ2) is 7.95. The fourth-order valence-electron chi connectivity index (χ4n) is 3.83. The van der Waals surface area contributed by atoms with E-state index < -0.39 is 17.0 Å². The Morgan fingerprint density at radius 1 is 1.19 bits per heavy atom. The molecule has 0 bridgehead atoms. The van der Waals surface area contributed by atoms with Gasteiger partial charge < -0.3 is 9.84 Å². The molecule has 1 N–H and O–H groups in total. The highest BCUT2D eigenvalue weighted by atomic mass is 35.5. The largest absolute Gasteiger partial charge is 0.490 e. The van der Waals surface area contributed by atoms with Crippen LogP contribution in [-0.4, -0.2) is 24.1 Å². The van der Waals surface area contributed by atoms with Crippen molar-refractivity contribution in [1.29, 1.82) is 0 Å². The zero-order valence-electron chi connectivity index (χ0n) is 15.0. The summed E-state index contributed by atoms with van der Waals surface area (Å²) in [6.45, 7) is 1.87. The van der Waals surface area contributed by atoms with E-state index in [2.05, 4.69) is 0 Å². The van der Waals surface area contributed by atoms with Gasteiger partial charge in [-0.1, -0.05) is 29.3 Å². The van der Waals surface area contributed by atoms with Crippen LogP contribution in [0.3, 0.4) is 0 Å². The summed E-state index contributed by atoms with van der Waals surface area (Å²) in [4.78, 5) is 11.5. The molecule has 1 aliphatic heterocycles. The third-order valence-corrected chi connectivity index (χ3v) is 5.64. The Bertz CT molecular complexity index is 817. The highest BCUT2D eigenvalue weighted by Crippen LogP contribution is 2.50. The van der Waals surface area contributed by atoms with Crippen LogP contribution in [0.25, 0.3) is 0 Å². The number of aliphatic hydroxyl groups excluding tert-OH is 1. The Morgan fingerprint density at radius 3 is 2.48 bits per heavy atom. The Hall–Kier alpha value is -1.98. The van der Waals surface area contributed by atoms with E-state index in [9.17, 15) is 18.7 Å². The average Bonchev–Trinajstić information content (AvgIpc) is 2.67. The maximum Gasteiger partial charge on any atom is 0.165 e. The molecule has 3 nitrogen and oxygen atoms in total. The van der Waals surface area contributed by atoms with Crippen molar-refractivity contribution < 1.29 is 23.4 Å². The van der Waals surface area contributed by atoms with E-state index in [0.717, 1.165) is 17.2 Å². The van der Waals surface area contributed by atoms with Crippen molar-refractivity contribution in [3.8, 4) is 5.75 Å². The van der Waals surface area contributed by atoms with Gasteiger partial charge in [0.05, 0.1) is 13.2 Å². The number of aryl methyl sites for hydroxylation is 1. The summed E-state index contributed by atoms with van der Waals surface area (Å²) in [6, 6.07) is 9.82. The number of ketones is 1. The molecule has 4 rings (SSSR count). The third kappa shape index (κ3) is 3.85. The number of ether oxygens (including phenoxy) is 1. The van der Waals surface area contributed by atoms with E-state index >= 15 is 0 Å². The van der Waals surface area contributed by atoms with Gasteiger partial charge in [-0.3, -0.25) is 4.79 Å². The van der Waals surface area contributed by atoms with Crippen LogP contribution in [0.1, 0.15) is 30.4 Å². The smallest absolute Gasteiger partial charge is 0.165 e. The summed E-state index contributed by atoms with van der Waals surface area (Å²) >= 11 is 5.61. The van der Waals surface area contributed by atoms with Crippen molar-refractivity contribution in [2.45, 2.75) is 31.6 Å². The number of Topliss-reactive ketones (excluding diaryl/α,β-unsaturated/α-hetero) is 1. The van der Waals surface area contributed by atoms with Crippen molar-refractivity contribution in [3.05, 3.63) is 64.2 Å². The monoisotopic (exact) mass is 394 g/mol. The predicted molar refractivity (Wildman–Crippen MR) is 99.2 cm³/mol. The van der Waals surface area contributed by atoms with Gasteiger partial charge in [-0.2, -0.15) is 0 Å². The van der Waals surface area contributed by atoms with E-state index in [0.29, 0.717) is 6.42 Å². The SMILES string of the molecule is Cc1ccc(Cl)cc1.O=C1CCC2(CO)c3c(F)ccc(F)c3OCC2C1. The first-order valence-corrected chi connectivity index (χ1v) is 9.21. The number of hydrogen-bond donors (Lipinski definition) is 1. The van der Waals surface area contributed by atoms with Crippen LogP contribution in [0.2, 0.25) is 5.02 Å². The molecule has 0 amide bonds. The first kappa shape index (κ1) is 19.8. The van der Waals surface area contributed by atoms with Crippen LogP contribution in [0.15, 0.2) is 36.4 Å². The van der Waals surface area contributed by atoms with E-state index in [1.807, 2.05) is 31.2 Å². The molecule has 1 fully saturated rings. The molecule has 2 aromatic rings. The molecule has 1 heterocycles. The molecule has 0 spiro atoms. The average molecular weight is 395 g/mol. The number of carbonyl (C=O) groups excluding carboxylic acids is 1. The molecule has 144 valence electrons. The zero-order chi connectivity index (χ0) is 19.6. The second-order valence-electron chi connectivity index (χ2n) is 7.09. The number of hydrogen-bond acceptors (Lipinski definition) is 3. The van der Waals surface area contributed by atoms with E-state index in [4.69, 9.17) is 16.3 Å². The lowest BCUT2D eigenvalue weighted by atomic mass is 9.61. The molecule has 1 saturated carbocycles. The summed E-state index contributed by atoms with van der Waals surface area (Å²) in [5.41, 5.74) is 0.446. The Kier molecular flexibility index (Phi) is 5.82. The fraction of sp³-hybridized carbons (Fsp3) is 0.381. The van der Waals surface area contributed by atoms with Gasteiger partial charge in [-0.05, 0) is 37.6 Å². The van der Waals surface area contributed by atoms with Gasteiger partial charge in [0, 0.05) is 34.8 Å². The lowest BCUT2D eigenvalue weighted by molar-refractivity contribution is -0.125. The molecule has 2 unspecified atom stereocenters. The first-order chi connectivity index (χ1) is 12.9. The normalized spacial score (nSPS) is 23.4. The quantitative estimate of drug-likeness (QED) is 0.768. The van der Waals surface area contributed by atoms with Gasteiger partial charge >= 0.3 is 0 Å². The maximum atomic E-state index is 14.1. The maximum absolute atomic E-state index is 14.1. The fourth-order valence-corrected chi connectivity index (χ4v) is 3.96. The number of rotatable bonds is 1. The summed E-state index contributed by atoms with van der Waals surface area (Å²) in [5, 5.41) is 10.6. The molecule has 6 heteroatoms. The Morgan fingerprint density at radius 2 is 1.85 bits per heavy atom. The molecule has 0 saturated heterocycles. The number of halogens is 3. The van der Waals surface area contributed by atoms with Crippen molar-refractivity contribution in [2.24, 2.45) is 5.92 Å². The number of aliphatic hydroxyl groups is 1. The van der Waals surface area contributed by atoms with Gasteiger partial charge in [0.15, 0.2) is 11.6 Å². The van der Waals surface area contributed by atoms with Gasteiger partial charge in [-0.15, -0.1) is 0 Å². The lowest BCUT2D eigenvalue weighted by Crippen LogP contribution is -2.49. The summed E-state index contributed by atoms with van der Waals surface area (Å²) < 4.78 is 33.2. The van der Waals surface area contributed by atoms with Crippen LogP contribution >= 0.6 is 11.6 Å². The topological polar surface area (TPSA) is 46.5 Å². The number of benzene rings is 2. The van der Waals surface area contributed by atoms with Crippen LogP contribution in [0.5, 0.6) is 5.75 Å². The van der Waals surface area contributed by atoms with Gasteiger partial charge in [0.1, 0.15) is 11.6 Å². The van der Waals surface area contributed by atoms with Crippen molar-refractivity contribution in [1.82, 2.24) is 0 Å². The molecular formula is C21H21ClF2O3. The van der Waals surface area contributed by atoms with Gasteiger partial charge in [0.2, 0.25) is 0 Å². The standard InChI is InChI=1S/C14H14F2O3.C7H7Cl/c15-10-1-2-11(16)13-12(10)14(7-17)4-3-9(18)5-8(14)6-19-13;1-6-2-4-7(8)5-3-6/h1-2,8,17H,3-7H2;2-5H,1H3. The van der Waals surface area contributed by atoms with Crippen LogP contribution in [0.4, 0.5) is 8.78 Å². The van der Waals surface area contributed by atoms with Crippen molar-refractivity contribution in [3.63, 3.8) is 0 Å². The van der Waals surface area contributed by atoms with E-state index in [1.165, 1.54) is 5.56 Å². The predicted octanol–water partition coefficient (Wildman–Crippen LogP) is 4.60. The van der Waals surface area contributed by atoms with Crippen LogP contribution in [0, 0.1) is 24.5 Å². The number of fused-ring (bicyclic) bond motifs is 3. The molecule has 2 aromatic carbocycles. The third-order valence-electron chi connectivity index (χ3n) is 5.38. The number of carbonyl (C=O) groups is 1. The molecular weight excluding hydrogens is 374 g/mol. The van der Waals surface area contributed by atoms with Crippen LogP contribution in [-0.2, 0) is 10.2 Å². The van der Waals surface area contributed by atoms with Crippen molar-refractivity contribution >= 4 is 17.4 Å². The minimum absolute atomic E-state index is 0.0814. The molecule has 0 radical (unpaired) electrons. The minimum atomic E-state index is -0.895. The van der Waals surface area contributed by atoms with Gasteiger partial charge in [0.25, 0.3) is 0 Å². The molecule has 27 heavy (non-hydrogen) atoms.